The Labute approximate surface area is 169 Å². The quantitative estimate of drug-likeness (QED) is 0.693. The van der Waals surface area contributed by atoms with Gasteiger partial charge in [0.1, 0.15) is 6.33 Å². The molecule has 1 aliphatic rings. The molecule has 7 heteroatoms. The van der Waals surface area contributed by atoms with Gasteiger partial charge in [-0.25, -0.2) is 9.97 Å². The van der Waals surface area contributed by atoms with E-state index in [1.165, 1.54) is 23.0 Å². The molecule has 1 aliphatic heterocycles. The average molecular weight is 398 g/mol. The van der Waals surface area contributed by atoms with Crippen LogP contribution in [0.3, 0.4) is 0 Å². The molecule has 0 spiro atoms. The van der Waals surface area contributed by atoms with Crippen LogP contribution >= 0.6 is 11.6 Å². The summed E-state index contributed by atoms with van der Waals surface area (Å²) in [4.78, 5) is 26.5. The number of hydrogen-bond donors (Lipinski definition) is 2. The van der Waals surface area contributed by atoms with Crippen molar-refractivity contribution in [2.45, 2.75) is 31.7 Å². The SMILES string of the molecule is CNC(=O)CC(Cc1cc(Cl)cc2c3c([nH]c12)CN(C)CC3)c1ccncn1. The molecule has 146 valence electrons. The lowest BCUT2D eigenvalue weighted by Crippen LogP contribution is -2.26. The minimum atomic E-state index is -0.0485. The second-order valence-electron chi connectivity index (χ2n) is 7.47. The van der Waals surface area contributed by atoms with Crippen molar-refractivity contribution in [3.63, 3.8) is 0 Å². The van der Waals surface area contributed by atoms with Crippen LogP contribution < -0.4 is 5.32 Å². The minimum absolute atomic E-state index is 0.00529. The largest absolute Gasteiger partial charge is 0.359 e. The van der Waals surface area contributed by atoms with Gasteiger partial charge in [-0.3, -0.25) is 4.79 Å². The molecule has 2 N–H and O–H groups in total. The van der Waals surface area contributed by atoms with Crippen LogP contribution in [0.4, 0.5) is 0 Å². The zero-order valence-electron chi connectivity index (χ0n) is 16.1. The highest BCUT2D eigenvalue weighted by molar-refractivity contribution is 6.31. The number of aromatic nitrogens is 3. The third-order valence-electron chi connectivity index (χ3n) is 5.52. The Morgan fingerprint density at radius 2 is 2.29 bits per heavy atom. The van der Waals surface area contributed by atoms with Gasteiger partial charge in [0.25, 0.3) is 0 Å². The van der Waals surface area contributed by atoms with Gasteiger partial charge in [-0.05, 0) is 49.2 Å². The zero-order valence-corrected chi connectivity index (χ0v) is 16.9. The van der Waals surface area contributed by atoms with Crippen molar-refractivity contribution in [1.29, 1.82) is 0 Å². The summed E-state index contributed by atoms with van der Waals surface area (Å²) >= 11 is 6.49. The molecule has 3 heterocycles. The van der Waals surface area contributed by atoms with E-state index in [-0.39, 0.29) is 11.8 Å². The lowest BCUT2D eigenvalue weighted by molar-refractivity contribution is -0.121. The molecule has 0 saturated carbocycles. The number of nitrogens with one attached hydrogen (secondary N) is 2. The van der Waals surface area contributed by atoms with Crippen LogP contribution in [0.5, 0.6) is 0 Å². The third kappa shape index (κ3) is 3.75. The number of carbonyl (C=O) groups excluding carboxylic acids is 1. The van der Waals surface area contributed by atoms with Crippen molar-refractivity contribution in [3.05, 3.63) is 58.3 Å². The Kier molecular flexibility index (Phi) is 5.33. The number of nitrogens with zero attached hydrogens (tertiary/aromatic N) is 3. The molecule has 0 fully saturated rings. The fourth-order valence-corrected chi connectivity index (χ4v) is 4.33. The summed E-state index contributed by atoms with van der Waals surface area (Å²) < 4.78 is 0. The molecular formula is C21H24ClN5O. The van der Waals surface area contributed by atoms with E-state index in [0.29, 0.717) is 12.8 Å². The first-order chi connectivity index (χ1) is 13.5. The van der Waals surface area contributed by atoms with Crippen LogP contribution in [0.15, 0.2) is 30.7 Å². The first kappa shape index (κ1) is 18.9. The number of carbonyl (C=O) groups is 1. The first-order valence-electron chi connectivity index (χ1n) is 9.52. The number of hydrogen-bond acceptors (Lipinski definition) is 4. The molecule has 1 atom stereocenters. The predicted octanol–water partition coefficient (Wildman–Crippen LogP) is 3.06. The highest BCUT2D eigenvalue weighted by Crippen LogP contribution is 2.34. The second kappa shape index (κ2) is 7.89. The summed E-state index contributed by atoms with van der Waals surface area (Å²) in [6.07, 6.45) is 5.31. The minimum Gasteiger partial charge on any atom is -0.359 e. The van der Waals surface area contributed by atoms with Crippen molar-refractivity contribution in [2.24, 2.45) is 0 Å². The van der Waals surface area contributed by atoms with Crippen LogP contribution in [0, 0.1) is 0 Å². The van der Waals surface area contributed by atoms with E-state index in [2.05, 4.69) is 38.3 Å². The molecule has 1 unspecified atom stereocenters. The van der Waals surface area contributed by atoms with E-state index in [1.54, 1.807) is 13.2 Å². The predicted molar refractivity (Wildman–Crippen MR) is 111 cm³/mol. The normalized spacial score (nSPS) is 15.4. The Hall–Kier alpha value is -2.44. The van der Waals surface area contributed by atoms with Crippen LogP contribution in [0.1, 0.15) is 34.9 Å². The number of rotatable bonds is 5. The maximum Gasteiger partial charge on any atom is 0.220 e. The topological polar surface area (TPSA) is 73.9 Å². The van der Waals surface area contributed by atoms with E-state index in [0.717, 1.165) is 41.3 Å². The maximum absolute atomic E-state index is 12.1. The Morgan fingerprint density at radius 3 is 3.04 bits per heavy atom. The zero-order chi connectivity index (χ0) is 19.7. The van der Waals surface area contributed by atoms with Gasteiger partial charge in [0.15, 0.2) is 0 Å². The van der Waals surface area contributed by atoms with E-state index < -0.39 is 0 Å². The number of fused-ring (bicyclic) bond motifs is 3. The monoisotopic (exact) mass is 397 g/mol. The smallest absolute Gasteiger partial charge is 0.220 e. The lowest BCUT2D eigenvalue weighted by Gasteiger charge is -2.22. The summed E-state index contributed by atoms with van der Waals surface area (Å²) in [6.45, 7) is 1.96. The molecule has 0 saturated heterocycles. The summed E-state index contributed by atoms with van der Waals surface area (Å²) in [5, 5.41) is 4.65. The van der Waals surface area contributed by atoms with Crippen LogP contribution in [0.25, 0.3) is 10.9 Å². The molecular weight excluding hydrogens is 374 g/mol. The lowest BCUT2D eigenvalue weighted by atomic mass is 9.91. The van der Waals surface area contributed by atoms with E-state index >= 15 is 0 Å². The second-order valence-corrected chi connectivity index (χ2v) is 7.91. The van der Waals surface area contributed by atoms with Gasteiger partial charge in [0.05, 0.1) is 0 Å². The van der Waals surface area contributed by atoms with Crippen molar-refractivity contribution in [3.8, 4) is 0 Å². The average Bonchev–Trinajstić information content (AvgIpc) is 3.05. The van der Waals surface area contributed by atoms with Gasteiger partial charge in [0, 0.05) is 66.0 Å². The van der Waals surface area contributed by atoms with Gasteiger partial charge in [-0.2, -0.15) is 0 Å². The van der Waals surface area contributed by atoms with E-state index in [9.17, 15) is 4.79 Å². The Bertz CT molecular complexity index is 1000. The number of benzene rings is 1. The van der Waals surface area contributed by atoms with Crippen molar-refractivity contribution in [1.82, 2.24) is 25.2 Å². The molecule has 6 nitrogen and oxygen atoms in total. The van der Waals surface area contributed by atoms with Crippen molar-refractivity contribution >= 4 is 28.4 Å². The molecule has 1 amide bonds. The van der Waals surface area contributed by atoms with Gasteiger partial charge in [-0.15, -0.1) is 0 Å². The van der Waals surface area contributed by atoms with Crippen molar-refractivity contribution in [2.75, 3.05) is 20.6 Å². The van der Waals surface area contributed by atoms with Crippen LogP contribution in [-0.2, 0) is 24.2 Å². The number of aromatic amines is 1. The Balaban J connectivity index is 1.75. The van der Waals surface area contributed by atoms with Crippen LogP contribution in [0.2, 0.25) is 5.02 Å². The maximum atomic E-state index is 12.1. The summed E-state index contributed by atoms with van der Waals surface area (Å²) in [5.41, 5.74) is 5.73. The third-order valence-corrected chi connectivity index (χ3v) is 5.74. The highest BCUT2D eigenvalue weighted by atomic mass is 35.5. The summed E-state index contributed by atoms with van der Waals surface area (Å²) in [5.74, 6) is -0.0538. The molecule has 0 radical (unpaired) electrons. The summed E-state index contributed by atoms with van der Waals surface area (Å²) in [7, 11) is 3.79. The van der Waals surface area contributed by atoms with Gasteiger partial charge in [0.2, 0.25) is 5.91 Å². The highest BCUT2D eigenvalue weighted by Gasteiger charge is 2.23. The van der Waals surface area contributed by atoms with E-state index in [4.69, 9.17) is 11.6 Å². The van der Waals surface area contributed by atoms with E-state index in [1.807, 2.05) is 12.1 Å². The molecule has 4 rings (SSSR count). The molecule has 28 heavy (non-hydrogen) atoms. The van der Waals surface area contributed by atoms with Gasteiger partial charge < -0.3 is 15.2 Å². The molecule has 3 aromatic rings. The molecule has 0 aliphatic carbocycles. The van der Waals surface area contributed by atoms with Gasteiger partial charge in [-0.1, -0.05) is 11.6 Å². The molecule has 2 aromatic heterocycles. The number of amides is 1. The molecule has 1 aromatic carbocycles. The number of H-pyrrole nitrogens is 1. The number of likely N-dealkylation sites (N-methyl/N-ethyl adjacent to an activating group) is 1. The fraction of sp³-hybridized carbons (Fsp3) is 0.381. The standard InChI is InChI=1S/C21H24ClN5O/c1-23-20(28)9-13(18-3-5-24-12-25-18)7-14-8-15(22)10-17-16-4-6-27(2)11-19(16)26-21(14)17/h3,5,8,10,12-13,26H,4,6-7,9,11H2,1-2H3,(H,23,28). The molecule has 0 bridgehead atoms. The van der Waals surface area contributed by atoms with Gasteiger partial charge >= 0.3 is 0 Å². The van der Waals surface area contributed by atoms with Crippen LogP contribution in [-0.4, -0.2) is 46.4 Å². The Morgan fingerprint density at radius 1 is 1.43 bits per heavy atom. The number of halogens is 1. The van der Waals surface area contributed by atoms with Crippen molar-refractivity contribution < 1.29 is 4.79 Å². The first-order valence-corrected chi connectivity index (χ1v) is 9.90. The summed E-state index contributed by atoms with van der Waals surface area (Å²) in [6, 6.07) is 5.94. The fourth-order valence-electron chi connectivity index (χ4n) is 4.09.